The first-order chi connectivity index (χ1) is 10.7. The molecule has 2 aromatic rings. The number of rotatable bonds is 0. The lowest BCUT2D eigenvalue weighted by Gasteiger charge is -2.27. The van der Waals surface area contributed by atoms with Crippen LogP contribution in [0.4, 0.5) is 0 Å². The van der Waals surface area contributed by atoms with Crippen LogP contribution in [-0.4, -0.2) is 30.8 Å². The first-order valence-corrected chi connectivity index (χ1v) is 8.72. The number of benzene rings is 1. The van der Waals surface area contributed by atoms with Crippen molar-refractivity contribution >= 4 is 39.7 Å². The number of hydrogen-bond donors (Lipinski definition) is 0. The van der Waals surface area contributed by atoms with E-state index in [1.807, 2.05) is 6.07 Å². The first-order valence-electron chi connectivity index (χ1n) is 7.84. The van der Waals surface area contributed by atoms with Crippen LogP contribution in [0.15, 0.2) is 41.3 Å². The van der Waals surface area contributed by atoms with Gasteiger partial charge in [-0.2, -0.15) is 0 Å². The summed E-state index contributed by atoms with van der Waals surface area (Å²) in [6, 6.07) is 10.6. The number of carbonyl (C=O) groups excluding carboxylic acids is 1. The van der Waals surface area contributed by atoms with Gasteiger partial charge in [0, 0.05) is 25.1 Å². The molecule has 2 nitrogen and oxygen atoms in total. The van der Waals surface area contributed by atoms with Crippen molar-refractivity contribution in [3.05, 3.63) is 62.9 Å². The topological polar surface area (TPSA) is 20.3 Å². The van der Waals surface area contributed by atoms with Crippen LogP contribution in [0.1, 0.15) is 39.2 Å². The maximum Gasteiger partial charge on any atom is 0.177 e. The minimum Gasteiger partial charge on any atom is -0.306 e. The standard InChI is InChI=1S/C19H19NOS.BrH/c1-20-9-6-13(7-10-20)18-15-5-3-2-4-14(15)12-17(21)19-16(18)8-11-22-19;/h2-5,8,11H,6-7,9-10,12H2,1H3;1H. The molecule has 0 radical (unpaired) electrons. The summed E-state index contributed by atoms with van der Waals surface area (Å²) in [5, 5.41) is 2.06. The summed E-state index contributed by atoms with van der Waals surface area (Å²) in [4.78, 5) is 15.9. The highest BCUT2D eigenvalue weighted by molar-refractivity contribution is 8.93. The zero-order chi connectivity index (χ0) is 15.1. The summed E-state index contributed by atoms with van der Waals surface area (Å²) in [5.74, 6) is 0.265. The molecule has 0 N–H and O–H groups in total. The average molecular weight is 390 g/mol. The Morgan fingerprint density at radius 3 is 2.57 bits per heavy atom. The second-order valence-electron chi connectivity index (χ2n) is 6.20. The largest absolute Gasteiger partial charge is 0.306 e. The molecule has 1 fully saturated rings. The van der Waals surface area contributed by atoms with E-state index in [9.17, 15) is 4.79 Å². The molecule has 1 aliphatic heterocycles. The van der Waals surface area contributed by atoms with Gasteiger partial charge in [0.15, 0.2) is 5.78 Å². The van der Waals surface area contributed by atoms with E-state index in [-0.39, 0.29) is 22.8 Å². The van der Waals surface area contributed by atoms with Crippen molar-refractivity contribution in [1.29, 1.82) is 0 Å². The van der Waals surface area contributed by atoms with Crippen LogP contribution in [0.25, 0.3) is 5.57 Å². The molecule has 0 saturated carbocycles. The van der Waals surface area contributed by atoms with Gasteiger partial charge >= 0.3 is 0 Å². The highest BCUT2D eigenvalue weighted by atomic mass is 79.9. The molecule has 2 heterocycles. The maximum absolute atomic E-state index is 12.6. The Morgan fingerprint density at radius 1 is 1.04 bits per heavy atom. The van der Waals surface area contributed by atoms with E-state index >= 15 is 0 Å². The van der Waals surface area contributed by atoms with Crippen LogP contribution in [0, 0.1) is 0 Å². The molecule has 0 spiro atoms. The van der Waals surface area contributed by atoms with Crippen molar-refractivity contribution in [1.82, 2.24) is 4.90 Å². The van der Waals surface area contributed by atoms with Crippen LogP contribution in [0.3, 0.4) is 0 Å². The number of Topliss-reactive ketones (excluding diaryl/α,β-unsaturated/α-hetero) is 1. The number of hydrogen-bond acceptors (Lipinski definition) is 3. The summed E-state index contributed by atoms with van der Waals surface area (Å²) in [7, 11) is 2.18. The molecule has 120 valence electrons. The molecular formula is C19H20BrNOS. The number of fused-ring (bicyclic) bond motifs is 2. The fourth-order valence-electron chi connectivity index (χ4n) is 3.56. The van der Waals surface area contributed by atoms with Crippen LogP contribution in [0.2, 0.25) is 0 Å². The molecule has 0 bridgehead atoms. The van der Waals surface area contributed by atoms with Gasteiger partial charge in [-0.3, -0.25) is 4.79 Å². The van der Waals surface area contributed by atoms with Crippen LogP contribution < -0.4 is 0 Å². The molecule has 0 amide bonds. The monoisotopic (exact) mass is 389 g/mol. The van der Waals surface area contributed by atoms with E-state index in [1.54, 1.807) is 11.3 Å². The van der Waals surface area contributed by atoms with Gasteiger partial charge in [0.05, 0.1) is 4.88 Å². The van der Waals surface area contributed by atoms with Crippen molar-refractivity contribution in [3.63, 3.8) is 0 Å². The van der Waals surface area contributed by atoms with Gasteiger partial charge < -0.3 is 4.90 Å². The third-order valence-corrected chi connectivity index (χ3v) is 5.73. The molecule has 4 rings (SSSR count). The SMILES string of the molecule is Br.CN1CCC(=C2c3ccccc3CC(=O)c3sccc32)CC1. The Balaban J connectivity index is 0.00000156. The first kappa shape index (κ1) is 16.6. The molecule has 2 aliphatic rings. The smallest absolute Gasteiger partial charge is 0.177 e. The Morgan fingerprint density at radius 2 is 1.78 bits per heavy atom. The zero-order valence-corrected chi connectivity index (χ0v) is 15.7. The molecule has 0 atom stereocenters. The van der Waals surface area contributed by atoms with Crippen molar-refractivity contribution in [2.24, 2.45) is 0 Å². The van der Waals surface area contributed by atoms with E-state index in [4.69, 9.17) is 0 Å². The van der Waals surface area contributed by atoms with Crippen LogP contribution in [0.5, 0.6) is 0 Å². The lowest BCUT2D eigenvalue weighted by atomic mass is 9.88. The Kier molecular flexibility index (Phi) is 4.85. The van der Waals surface area contributed by atoms with Crippen molar-refractivity contribution in [2.45, 2.75) is 19.3 Å². The molecule has 1 aromatic carbocycles. The number of halogens is 1. The fourth-order valence-corrected chi connectivity index (χ4v) is 4.40. The molecule has 23 heavy (non-hydrogen) atoms. The van der Waals surface area contributed by atoms with Gasteiger partial charge in [-0.1, -0.05) is 29.8 Å². The number of nitrogens with zero attached hydrogens (tertiary/aromatic N) is 1. The van der Waals surface area contributed by atoms with E-state index in [1.165, 1.54) is 27.8 Å². The minimum absolute atomic E-state index is 0. The maximum atomic E-state index is 12.6. The molecule has 4 heteroatoms. The van der Waals surface area contributed by atoms with Crippen molar-refractivity contribution in [3.8, 4) is 0 Å². The Labute approximate surface area is 151 Å². The third-order valence-electron chi connectivity index (χ3n) is 4.77. The number of likely N-dealkylation sites (tertiary alicyclic amines) is 1. The summed E-state index contributed by atoms with van der Waals surface area (Å²) in [5.41, 5.74) is 6.47. The molecule has 0 unspecified atom stereocenters. The summed E-state index contributed by atoms with van der Waals surface area (Å²) in [6.45, 7) is 2.21. The van der Waals surface area contributed by atoms with Crippen molar-refractivity contribution < 1.29 is 4.79 Å². The number of carbonyl (C=O) groups is 1. The lowest BCUT2D eigenvalue weighted by Crippen LogP contribution is -2.27. The highest BCUT2D eigenvalue weighted by Gasteiger charge is 2.27. The van der Waals surface area contributed by atoms with Gasteiger partial charge in [0.1, 0.15) is 0 Å². The van der Waals surface area contributed by atoms with Crippen LogP contribution >= 0.6 is 28.3 Å². The highest BCUT2D eigenvalue weighted by Crippen LogP contribution is 2.40. The second-order valence-corrected chi connectivity index (χ2v) is 7.12. The van der Waals surface area contributed by atoms with E-state index < -0.39 is 0 Å². The van der Waals surface area contributed by atoms with E-state index in [2.05, 4.69) is 41.6 Å². The Bertz CT molecular complexity index is 767. The summed E-state index contributed by atoms with van der Waals surface area (Å²) < 4.78 is 0. The summed E-state index contributed by atoms with van der Waals surface area (Å²) >= 11 is 1.59. The average Bonchev–Trinajstić information content (AvgIpc) is 2.96. The quantitative estimate of drug-likeness (QED) is 0.656. The third kappa shape index (κ3) is 2.95. The predicted molar refractivity (Wildman–Crippen MR) is 102 cm³/mol. The summed E-state index contributed by atoms with van der Waals surface area (Å²) in [6.07, 6.45) is 2.73. The second kappa shape index (κ2) is 6.71. The van der Waals surface area contributed by atoms with Gasteiger partial charge in [-0.15, -0.1) is 28.3 Å². The van der Waals surface area contributed by atoms with Gasteiger partial charge in [0.2, 0.25) is 0 Å². The van der Waals surface area contributed by atoms with Gasteiger partial charge in [-0.25, -0.2) is 0 Å². The fraction of sp³-hybridized carbons (Fsp3) is 0.316. The number of ketones is 1. The molecule has 1 aliphatic carbocycles. The van der Waals surface area contributed by atoms with E-state index in [0.29, 0.717) is 6.42 Å². The Hall–Kier alpha value is -1.23. The van der Waals surface area contributed by atoms with Crippen molar-refractivity contribution in [2.75, 3.05) is 20.1 Å². The predicted octanol–water partition coefficient (Wildman–Crippen LogP) is 4.59. The number of piperidine rings is 1. The minimum atomic E-state index is 0. The van der Waals surface area contributed by atoms with Crippen LogP contribution in [-0.2, 0) is 6.42 Å². The van der Waals surface area contributed by atoms with Gasteiger partial charge in [0.25, 0.3) is 0 Å². The van der Waals surface area contributed by atoms with E-state index in [0.717, 1.165) is 30.8 Å². The zero-order valence-electron chi connectivity index (χ0n) is 13.2. The lowest BCUT2D eigenvalue weighted by molar-refractivity contribution is 0.0997. The van der Waals surface area contributed by atoms with Gasteiger partial charge in [-0.05, 0) is 48.0 Å². The number of thiophene rings is 1. The molecular weight excluding hydrogens is 370 g/mol. The molecule has 1 aromatic heterocycles. The molecule has 1 saturated heterocycles. The normalized spacial score (nSPS) is 18.0.